The fraction of sp³-hybridized carbons (Fsp3) is 0.727. The maximum atomic E-state index is 11.4. The molecular formula is C11H16O2. The topological polar surface area (TPSA) is 26.3 Å². The first kappa shape index (κ1) is 10.1. The first-order valence-electron chi connectivity index (χ1n) is 4.61. The van der Waals surface area contributed by atoms with Crippen molar-refractivity contribution in [3.05, 3.63) is 0 Å². The maximum absolute atomic E-state index is 11.4. The lowest BCUT2D eigenvalue weighted by Gasteiger charge is -2.40. The second kappa shape index (κ2) is 3.41. The van der Waals surface area contributed by atoms with Gasteiger partial charge in [0.05, 0.1) is 5.92 Å². The van der Waals surface area contributed by atoms with Crippen LogP contribution in [0.15, 0.2) is 0 Å². The zero-order valence-electron chi connectivity index (χ0n) is 8.46. The minimum atomic E-state index is -0.392. The van der Waals surface area contributed by atoms with E-state index in [1.54, 1.807) is 6.92 Å². The molecule has 72 valence electrons. The van der Waals surface area contributed by atoms with Crippen LogP contribution in [0.5, 0.6) is 0 Å². The van der Waals surface area contributed by atoms with Crippen molar-refractivity contribution < 1.29 is 9.53 Å². The van der Waals surface area contributed by atoms with Crippen LogP contribution in [0.1, 0.15) is 33.6 Å². The molecule has 0 aliphatic heterocycles. The molecule has 1 saturated carbocycles. The lowest BCUT2D eigenvalue weighted by molar-refractivity contribution is -0.158. The molecule has 0 radical (unpaired) electrons. The van der Waals surface area contributed by atoms with E-state index in [9.17, 15) is 4.79 Å². The standard InChI is InChI=1S/C11H16O2/c1-5-8(2)13-10(12)9-6-11(3,4)7-9/h1,8-9H,6-7H2,2-4H3. The van der Waals surface area contributed by atoms with Gasteiger partial charge in [0.2, 0.25) is 0 Å². The Kier molecular flexibility index (Phi) is 2.66. The van der Waals surface area contributed by atoms with Gasteiger partial charge in [-0.25, -0.2) is 0 Å². The summed E-state index contributed by atoms with van der Waals surface area (Å²) in [5.74, 6) is 2.32. The van der Waals surface area contributed by atoms with E-state index in [4.69, 9.17) is 11.2 Å². The minimum Gasteiger partial charge on any atom is -0.449 e. The first-order valence-corrected chi connectivity index (χ1v) is 4.61. The number of carbonyl (C=O) groups excluding carboxylic acids is 1. The van der Waals surface area contributed by atoms with Crippen molar-refractivity contribution in [3.8, 4) is 12.3 Å². The second-order valence-electron chi connectivity index (χ2n) is 4.52. The van der Waals surface area contributed by atoms with Crippen molar-refractivity contribution in [3.63, 3.8) is 0 Å². The summed E-state index contributed by atoms with van der Waals surface area (Å²) >= 11 is 0. The SMILES string of the molecule is C#CC(C)OC(=O)C1CC(C)(C)C1. The van der Waals surface area contributed by atoms with Gasteiger partial charge in [-0.1, -0.05) is 19.8 Å². The van der Waals surface area contributed by atoms with E-state index in [1.807, 2.05) is 0 Å². The highest BCUT2D eigenvalue weighted by atomic mass is 16.5. The zero-order chi connectivity index (χ0) is 10.1. The fourth-order valence-corrected chi connectivity index (χ4v) is 1.75. The van der Waals surface area contributed by atoms with Gasteiger partial charge >= 0.3 is 5.97 Å². The molecule has 0 amide bonds. The third kappa shape index (κ3) is 2.48. The largest absolute Gasteiger partial charge is 0.449 e. The molecule has 2 nitrogen and oxygen atoms in total. The van der Waals surface area contributed by atoms with Crippen LogP contribution in [-0.4, -0.2) is 12.1 Å². The van der Waals surface area contributed by atoms with E-state index in [-0.39, 0.29) is 11.9 Å². The Morgan fingerprint density at radius 1 is 1.62 bits per heavy atom. The molecule has 0 heterocycles. The first-order chi connectivity index (χ1) is 5.94. The van der Waals surface area contributed by atoms with Crippen LogP contribution in [0.25, 0.3) is 0 Å². The van der Waals surface area contributed by atoms with Crippen LogP contribution in [0.2, 0.25) is 0 Å². The van der Waals surface area contributed by atoms with Crippen molar-refractivity contribution in [2.45, 2.75) is 39.7 Å². The molecule has 0 spiro atoms. The molecule has 1 fully saturated rings. The van der Waals surface area contributed by atoms with Crippen LogP contribution in [0, 0.1) is 23.7 Å². The second-order valence-corrected chi connectivity index (χ2v) is 4.52. The Morgan fingerprint density at radius 3 is 2.54 bits per heavy atom. The fourth-order valence-electron chi connectivity index (χ4n) is 1.75. The number of hydrogen-bond donors (Lipinski definition) is 0. The Balaban J connectivity index is 2.32. The number of hydrogen-bond acceptors (Lipinski definition) is 2. The van der Waals surface area contributed by atoms with Crippen LogP contribution in [0.3, 0.4) is 0 Å². The Labute approximate surface area is 79.7 Å². The summed E-state index contributed by atoms with van der Waals surface area (Å²) in [6, 6.07) is 0. The third-order valence-corrected chi connectivity index (χ3v) is 2.46. The van der Waals surface area contributed by atoms with Crippen LogP contribution in [0.4, 0.5) is 0 Å². The van der Waals surface area contributed by atoms with Crippen molar-refractivity contribution in [2.75, 3.05) is 0 Å². The summed E-state index contributed by atoms with van der Waals surface area (Å²) in [7, 11) is 0. The van der Waals surface area contributed by atoms with Gasteiger partial charge in [-0.2, -0.15) is 0 Å². The van der Waals surface area contributed by atoms with Gasteiger partial charge in [-0.05, 0) is 25.2 Å². The van der Waals surface area contributed by atoms with E-state index < -0.39 is 6.10 Å². The smallest absolute Gasteiger partial charge is 0.310 e. The van der Waals surface area contributed by atoms with Crippen LogP contribution in [-0.2, 0) is 9.53 Å². The summed E-state index contributed by atoms with van der Waals surface area (Å²) < 4.78 is 5.02. The molecule has 0 aromatic carbocycles. The van der Waals surface area contributed by atoms with E-state index in [0.29, 0.717) is 5.41 Å². The monoisotopic (exact) mass is 180 g/mol. The Morgan fingerprint density at radius 2 is 2.15 bits per heavy atom. The number of esters is 1. The quantitative estimate of drug-likeness (QED) is 0.480. The molecule has 13 heavy (non-hydrogen) atoms. The van der Waals surface area contributed by atoms with Gasteiger partial charge in [-0.3, -0.25) is 4.79 Å². The average Bonchev–Trinajstić information content (AvgIpc) is 1.99. The highest BCUT2D eigenvalue weighted by Gasteiger charge is 2.41. The van der Waals surface area contributed by atoms with Crippen molar-refractivity contribution in [2.24, 2.45) is 11.3 Å². The van der Waals surface area contributed by atoms with Crippen LogP contribution < -0.4 is 0 Å². The van der Waals surface area contributed by atoms with Gasteiger partial charge in [0.25, 0.3) is 0 Å². The normalized spacial score (nSPS) is 22.6. The molecule has 1 aliphatic carbocycles. The molecule has 0 aromatic rings. The van der Waals surface area contributed by atoms with Gasteiger partial charge in [-0.15, -0.1) is 6.42 Å². The zero-order valence-corrected chi connectivity index (χ0v) is 8.46. The van der Waals surface area contributed by atoms with E-state index >= 15 is 0 Å². The predicted octanol–water partition coefficient (Wildman–Crippen LogP) is 1.99. The van der Waals surface area contributed by atoms with E-state index in [2.05, 4.69) is 19.8 Å². The highest BCUT2D eigenvalue weighted by Crippen LogP contribution is 2.45. The molecule has 1 unspecified atom stereocenters. The molecule has 0 aromatic heterocycles. The van der Waals surface area contributed by atoms with E-state index in [1.165, 1.54) is 0 Å². The predicted molar refractivity (Wildman–Crippen MR) is 50.9 cm³/mol. The number of rotatable bonds is 2. The summed E-state index contributed by atoms with van der Waals surface area (Å²) in [4.78, 5) is 11.4. The molecule has 2 heteroatoms. The Bertz CT molecular complexity index is 239. The van der Waals surface area contributed by atoms with E-state index in [0.717, 1.165) is 12.8 Å². The van der Waals surface area contributed by atoms with Gasteiger partial charge in [0, 0.05) is 0 Å². The minimum absolute atomic E-state index is 0.0748. The molecule has 0 bridgehead atoms. The highest BCUT2D eigenvalue weighted by molar-refractivity contribution is 5.74. The van der Waals surface area contributed by atoms with Gasteiger partial charge < -0.3 is 4.74 Å². The molecule has 0 N–H and O–H groups in total. The molecule has 0 saturated heterocycles. The summed E-state index contributed by atoms with van der Waals surface area (Å²) in [5.41, 5.74) is 0.309. The summed E-state index contributed by atoms with van der Waals surface area (Å²) in [5, 5.41) is 0. The molecule has 1 rings (SSSR count). The average molecular weight is 180 g/mol. The summed E-state index contributed by atoms with van der Waals surface area (Å²) in [6.07, 6.45) is 6.55. The molecule has 1 aliphatic rings. The molecule has 1 atom stereocenters. The molecular weight excluding hydrogens is 164 g/mol. The lowest BCUT2D eigenvalue weighted by atomic mass is 9.64. The Hall–Kier alpha value is -0.970. The third-order valence-electron chi connectivity index (χ3n) is 2.46. The van der Waals surface area contributed by atoms with Gasteiger partial charge in [0.1, 0.15) is 0 Å². The number of terminal acetylenes is 1. The van der Waals surface area contributed by atoms with Crippen LogP contribution >= 0.6 is 0 Å². The van der Waals surface area contributed by atoms with Crippen molar-refractivity contribution >= 4 is 5.97 Å². The summed E-state index contributed by atoms with van der Waals surface area (Å²) in [6.45, 7) is 6.02. The van der Waals surface area contributed by atoms with Crippen molar-refractivity contribution in [1.29, 1.82) is 0 Å². The van der Waals surface area contributed by atoms with Gasteiger partial charge in [0.15, 0.2) is 6.10 Å². The number of ether oxygens (including phenoxy) is 1. The maximum Gasteiger partial charge on any atom is 0.310 e. The number of carbonyl (C=O) groups is 1. The van der Waals surface area contributed by atoms with Crippen molar-refractivity contribution in [1.82, 2.24) is 0 Å². The lowest BCUT2D eigenvalue weighted by Crippen LogP contribution is -2.38.